The summed E-state index contributed by atoms with van der Waals surface area (Å²) in [6, 6.07) is 73.2. The second kappa shape index (κ2) is 19.3. The van der Waals surface area contributed by atoms with E-state index >= 15 is 0 Å². The van der Waals surface area contributed by atoms with E-state index < -0.39 is 0 Å². The van der Waals surface area contributed by atoms with E-state index in [0.717, 1.165) is 0 Å². The Morgan fingerprint density at radius 3 is 1.11 bits per heavy atom. The summed E-state index contributed by atoms with van der Waals surface area (Å²) in [7, 11) is 1.36. The summed E-state index contributed by atoms with van der Waals surface area (Å²) < 4.78 is 0. The number of benzene rings is 8. The quantitative estimate of drug-likeness (QED) is 0.123. The standard InChI is InChI=1S/2C20H15.C13H11.CH3Si.Zr/c2*1-14-12-16-8-5-11-19(20(16)13-14)18-10-4-7-15-6-2-3-9-17(15)18;1-3-7-12(8-4-1)11-13-9-5-2-6-10-13;1-2;/h2*2-13H,1H3;1-11H;1H,2H2;/q4*-1;+4. The normalized spacial score (nSPS) is 10.3. The molecule has 0 saturated carbocycles. The van der Waals surface area contributed by atoms with Gasteiger partial charge in [-0.25, -0.2) is 9.85 Å². The molecule has 56 heavy (non-hydrogen) atoms. The van der Waals surface area contributed by atoms with Crippen molar-refractivity contribution in [2.75, 3.05) is 0 Å². The van der Waals surface area contributed by atoms with Crippen LogP contribution < -0.4 is 0 Å². The van der Waals surface area contributed by atoms with E-state index in [1.165, 1.54) is 97.5 Å². The van der Waals surface area contributed by atoms with Gasteiger partial charge < -0.3 is 6.17 Å². The molecular formula is C54H44SiZr. The molecule has 0 heterocycles. The van der Waals surface area contributed by atoms with Gasteiger partial charge in [0.05, 0.1) is 0 Å². The van der Waals surface area contributed by atoms with Crippen LogP contribution in [0.25, 0.3) is 65.3 Å². The third-order valence-corrected chi connectivity index (χ3v) is 9.88. The molecule has 0 N–H and O–H groups in total. The van der Waals surface area contributed by atoms with Crippen LogP contribution in [0.15, 0.2) is 206 Å². The molecule has 268 valence electrons. The minimum absolute atomic E-state index is 0. The molecule has 10 aromatic rings. The molecule has 0 bridgehead atoms. The van der Waals surface area contributed by atoms with Crippen LogP contribution in [0.3, 0.4) is 0 Å². The Morgan fingerprint density at radius 1 is 0.375 bits per heavy atom. The van der Waals surface area contributed by atoms with Gasteiger partial charge in [-0.1, -0.05) is 158 Å². The zero-order valence-electron chi connectivity index (χ0n) is 32.0. The van der Waals surface area contributed by atoms with Crippen molar-refractivity contribution < 1.29 is 26.2 Å². The average molecular weight is 812 g/mol. The molecule has 0 aliphatic rings. The van der Waals surface area contributed by atoms with Crippen molar-refractivity contribution in [1.82, 2.24) is 0 Å². The van der Waals surface area contributed by atoms with Gasteiger partial charge in [-0.2, -0.15) is 12.1 Å². The van der Waals surface area contributed by atoms with Gasteiger partial charge in [-0.3, -0.25) is 0 Å². The molecule has 0 atom stereocenters. The molecule has 0 amide bonds. The van der Waals surface area contributed by atoms with Crippen LogP contribution in [-0.4, -0.2) is 16.0 Å². The molecule has 2 heteroatoms. The van der Waals surface area contributed by atoms with Crippen LogP contribution in [0, 0.1) is 20.3 Å². The van der Waals surface area contributed by atoms with Crippen LogP contribution in [-0.2, 0) is 26.2 Å². The summed E-state index contributed by atoms with van der Waals surface area (Å²) in [6.07, 6.45) is 6.69. The van der Waals surface area contributed by atoms with Crippen LogP contribution >= 0.6 is 0 Å². The molecule has 10 aromatic carbocycles. The summed E-state index contributed by atoms with van der Waals surface area (Å²) in [4.78, 5) is 0. The first kappa shape index (κ1) is 40.0. The van der Waals surface area contributed by atoms with Crippen molar-refractivity contribution >= 4 is 59.1 Å². The van der Waals surface area contributed by atoms with Crippen molar-refractivity contribution in [2.24, 2.45) is 0 Å². The third-order valence-electron chi connectivity index (χ3n) is 9.88. The van der Waals surface area contributed by atoms with E-state index in [1.54, 1.807) is 0 Å². The first-order valence-electron chi connectivity index (χ1n) is 18.7. The van der Waals surface area contributed by atoms with Gasteiger partial charge in [0.1, 0.15) is 0 Å². The first-order chi connectivity index (χ1) is 27.1. The average Bonchev–Trinajstić information content (AvgIpc) is 3.83. The van der Waals surface area contributed by atoms with E-state index in [4.69, 9.17) is 0 Å². The number of hydrogen-bond acceptors (Lipinski definition) is 0. The molecule has 0 radical (unpaired) electrons. The van der Waals surface area contributed by atoms with Gasteiger partial charge >= 0.3 is 26.2 Å². The SMILES string of the molecule is Cc1cc2c(-c3cccc4ccccc34)cccc2[cH-]1.Cc1cc2c(-c3cccc4ccccc34)cccc2[cH-]1.[CH-]=[SiH2].[Zr+4].c1ccc([CH-]c2ccccc2)cc1. The molecular weight excluding hydrogens is 768 g/mol. The second-order valence-corrected chi connectivity index (χ2v) is 13.7. The summed E-state index contributed by atoms with van der Waals surface area (Å²) >= 11 is 0. The first-order valence-corrected chi connectivity index (χ1v) is 19.6. The zero-order valence-corrected chi connectivity index (χ0v) is 35.9. The van der Waals surface area contributed by atoms with Gasteiger partial charge in [0, 0.05) is 0 Å². The maximum Gasteiger partial charge on any atom is 4.00 e. The summed E-state index contributed by atoms with van der Waals surface area (Å²) in [6.45, 7) is 4.32. The smallest absolute Gasteiger partial charge is 0.533 e. The Hall–Kier alpha value is -5.66. The number of aryl methyl sites for hydroxylation is 2. The molecule has 0 aliphatic heterocycles. The Balaban J connectivity index is 0.000000141. The molecule has 0 aromatic heterocycles. The maximum absolute atomic E-state index is 4.53. The van der Waals surface area contributed by atoms with Gasteiger partial charge in [-0.15, -0.1) is 111 Å². The fraction of sp³-hybridized carbons (Fsp3) is 0.0370. The van der Waals surface area contributed by atoms with Crippen LogP contribution in [0.5, 0.6) is 0 Å². The molecule has 0 spiro atoms. The number of fused-ring (bicyclic) bond motifs is 4. The van der Waals surface area contributed by atoms with E-state index in [1.807, 2.05) is 12.1 Å². The van der Waals surface area contributed by atoms with Crippen molar-refractivity contribution in [2.45, 2.75) is 13.8 Å². The van der Waals surface area contributed by atoms with Gasteiger partial charge in [0.2, 0.25) is 0 Å². The van der Waals surface area contributed by atoms with Gasteiger partial charge in [0.25, 0.3) is 0 Å². The van der Waals surface area contributed by atoms with Crippen molar-refractivity contribution in [3.05, 3.63) is 235 Å². The molecule has 0 fully saturated rings. The van der Waals surface area contributed by atoms with Crippen LogP contribution in [0.4, 0.5) is 0 Å². The van der Waals surface area contributed by atoms with Crippen LogP contribution in [0.1, 0.15) is 22.3 Å². The fourth-order valence-electron chi connectivity index (χ4n) is 7.45. The van der Waals surface area contributed by atoms with E-state index in [-0.39, 0.29) is 26.2 Å². The minimum atomic E-state index is 0. The second-order valence-electron chi connectivity index (χ2n) is 13.7. The fourth-order valence-corrected chi connectivity index (χ4v) is 7.45. The Bertz CT molecular complexity index is 2590. The number of rotatable bonds is 4. The monoisotopic (exact) mass is 810 g/mol. The molecule has 10 rings (SSSR count). The molecule has 0 unspecified atom stereocenters. The van der Waals surface area contributed by atoms with Crippen molar-refractivity contribution in [3.63, 3.8) is 0 Å². The maximum atomic E-state index is 4.53. The Morgan fingerprint density at radius 2 is 0.696 bits per heavy atom. The predicted octanol–water partition coefficient (Wildman–Crippen LogP) is 13.6. The summed E-state index contributed by atoms with van der Waals surface area (Å²) in [5, 5.41) is 10.6. The van der Waals surface area contributed by atoms with Crippen LogP contribution in [0.2, 0.25) is 0 Å². The molecule has 0 nitrogen and oxygen atoms in total. The van der Waals surface area contributed by atoms with Crippen molar-refractivity contribution in [3.8, 4) is 22.3 Å². The predicted molar refractivity (Wildman–Crippen MR) is 244 cm³/mol. The summed E-state index contributed by atoms with van der Waals surface area (Å²) in [5.41, 5.74) is 10.4. The summed E-state index contributed by atoms with van der Waals surface area (Å²) in [5.74, 6) is 0. The topological polar surface area (TPSA) is 0 Å². The number of hydrogen-bond donors (Lipinski definition) is 0. The zero-order chi connectivity index (χ0) is 38.0. The third kappa shape index (κ3) is 9.23. The van der Waals surface area contributed by atoms with E-state index in [2.05, 4.69) is 221 Å². The largest absolute Gasteiger partial charge is 4.00 e. The minimum Gasteiger partial charge on any atom is -0.533 e. The van der Waals surface area contributed by atoms with Gasteiger partial charge in [-0.05, 0) is 32.7 Å². The molecule has 0 aliphatic carbocycles. The van der Waals surface area contributed by atoms with Crippen molar-refractivity contribution in [1.29, 1.82) is 0 Å². The van der Waals surface area contributed by atoms with E-state index in [0.29, 0.717) is 0 Å². The Kier molecular flexibility index (Phi) is 13.8. The van der Waals surface area contributed by atoms with Gasteiger partial charge in [0.15, 0.2) is 0 Å². The van der Waals surface area contributed by atoms with E-state index in [9.17, 15) is 0 Å². The molecule has 0 saturated heterocycles. The Labute approximate surface area is 354 Å².